The Kier molecular flexibility index (Phi) is 6.70. The Morgan fingerprint density at radius 1 is 0.868 bits per heavy atom. The number of benzene rings is 1. The Balaban J connectivity index is 1.11. The van der Waals surface area contributed by atoms with Gasteiger partial charge in [-0.25, -0.2) is 0 Å². The molecule has 1 N–H and O–H groups in total. The molecule has 9 nitrogen and oxygen atoms in total. The maximum absolute atomic E-state index is 13.0. The van der Waals surface area contributed by atoms with Crippen LogP contribution in [-0.4, -0.2) is 74.6 Å². The van der Waals surface area contributed by atoms with Crippen molar-refractivity contribution in [1.29, 1.82) is 0 Å². The highest BCUT2D eigenvalue weighted by molar-refractivity contribution is 6.05. The minimum Gasteiger partial charge on any atom is -0.322 e. The average Bonchev–Trinajstić information content (AvgIpc) is 3.26. The number of nitrogens with one attached hydrogen (secondary N) is 1. The highest BCUT2D eigenvalue weighted by atomic mass is 16.2. The van der Waals surface area contributed by atoms with E-state index in [-0.39, 0.29) is 30.2 Å². The number of imide groups is 1. The van der Waals surface area contributed by atoms with Crippen LogP contribution < -0.4 is 5.32 Å². The molecule has 3 amide bonds. The molecule has 1 atom stereocenters. The molecule has 1 aromatic carbocycles. The third-order valence-electron chi connectivity index (χ3n) is 7.81. The third-order valence-corrected chi connectivity index (χ3v) is 7.81. The van der Waals surface area contributed by atoms with Crippen molar-refractivity contribution in [3.05, 3.63) is 95.1 Å². The molecule has 2 aromatic heterocycles. The highest BCUT2D eigenvalue weighted by Crippen LogP contribution is 2.31. The number of carbonyl (C=O) groups excluding carboxylic acids is 3. The maximum atomic E-state index is 13.0. The molecule has 6 rings (SSSR count). The smallest absolute Gasteiger partial charge is 0.255 e. The number of carbonyl (C=O) groups is 3. The van der Waals surface area contributed by atoms with E-state index in [0.717, 1.165) is 43.9 Å². The molecular formula is C29H30N6O3. The molecule has 0 spiro atoms. The lowest BCUT2D eigenvalue weighted by Gasteiger charge is -2.39. The van der Waals surface area contributed by atoms with E-state index in [1.807, 2.05) is 36.9 Å². The number of hydrogen-bond acceptors (Lipinski definition) is 7. The van der Waals surface area contributed by atoms with E-state index >= 15 is 0 Å². The lowest BCUT2D eigenvalue weighted by Crippen LogP contribution is -2.52. The molecule has 3 aliphatic heterocycles. The van der Waals surface area contributed by atoms with Gasteiger partial charge in [-0.1, -0.05) is 12.1 Å². The molecule has 2 fully saturated rings. The third kappa shape index (κ3) is 4.82. The molecule has 0 aliphatic carbocycles. The molecule has 1 unspecified atom stereocenters. The van der Waals surface area contributed by atoms with Crippen LogP contribution >= 0.6 is 0 Å². The molecule has 0 radical (unpaired) electrons. The largest absolute Gasteiger partial charge is 0.322 e. The first-order valence-corrected chi connectivity index (χ1v) is 13.1. The van der Waals surface area contributed by atoms with Crippen molar-refractivity contribution in [2.24, 2.45) is 0 Å². The van der Waals surface area contributed by atoms with Gasteiger partial charge in [-0.15, -0.1) is 0 Å². The van der Waals surface area contributed by atoms with Gasteiger partial charge in [0.25, 0.3) is 5.91 Å². The summed E-state index contributed by atoms with van der Waals surface area (Å²) in [5.41, 5.74) is 5.22. The minimum atomic E-state index is -0.585. The second kappa shape index (κ2) is 10.4. The molecular weight excluding hydrogens is 480 g/mol. The summed E-state index contributed by atoms with van der Waals surface area (Å²) in [6.07, 6.45) is 8.03. The molecule has 3 aliphatic rings. The molecule has 5 heterocycles. The Morgan fingerprint density at radius 2 is 1.53 bits per heavy atom. The van der Waals surface area contributed by atoms with Crippen LogP contribution in [0.5, 0.6) is 0 Å². The number of amides is 3. The fourth-order valence-corrected chi connectivity index (χ4v) is 5.87. The summed E-state index contributed by atoms with van der Waals surface area (Å²) in [5, 5.41) is 2.36. The van der Waals surface area contributed by atoms with Crippen LogP contribution in [0.3, 0.4) is 0 Å². The van der Waals surface area contributed by atoms with Crippen LogP contribution in [-0.2, 0) is 22.7 Å². The zero-order valence-electron chi connectivity index (χ0n) is 21.1. The lowest BCUT2D eigenvalue weighted by molar-refractivity contribution is -0.136. The zero-order chi connectivity index (χ0) is 26.1. The van der Waals surface area contributed by atoms with E-state index < -0.39 is 6.04 Å². The summed E-state index contributed by atoms with van der Waals surface area (Å²) < 4.78 is 0. The Bertz CT molecular complexity index is 1300. The number of piperazine rings is 1. The van der Waals surface area contributed by atoms with Gasteiger partial charge in [-0.3, -0.25) is 39.5 Å². The van der Waals surface area contributed by atoms with E-state index in [1.165, 1.54) is 11.1 Å². The summed E-state index contributed by atoms with van der Waals surface area (Å²) in [4.78, 5) is 51.8. The van der Waals surface area contributed by atoms with Gasteiger partial charge in [0.2, 0.25) is 11.8 Å². The molecule has 3 aromatic rings. The predicted octanol–water partition coefficient (Wildman–Crippen LogP) is 2.14. The van der Waals surface area contributed by atoms with Crippen molar-refractivity contribution in [3.63, 3.8) is 0 Å². The van der Waals surface area contributed by atoms with Crippen molar-refractivity contribution in [2.45, 2.75) is 38.0 Å². The summed E-state index contributed by atoms with van der Waals surface area (Å²) in [5.74, 6) is -0.782. The lowest BCUT2D eigenvalue weighted by atomic mass is 9.98. The number of pyridine rings is 2. The van der Waals surface area contributed by atoms with E-state index in [1.54, 1.807) is 4.90 Å². The first-order valence-electron chi connectivity index (χ1n) is 13.1. The summed E-state index contributed by atoms with van der Waals surface area (Å²) in [6.45, 7) is 4.95. The Hall–Kier alpha value is -3.95. The van der Waals surface area contributed by atoms with Gasteiger partial charge in [0.1, 0.15) is 6.04 Å². The monoisotopic (exact) mass is 510 g/mol. The highest BCUT2D eigenvalue weighted by Gasteiger charge is 2.39. The quantitative estimate of drug-likeness (QED) is 0.508. The summed E-state index contributed by atoms with van der Waals surface area (Å²) in [7, 11) is 0. The topological polar surface area (TPSA) is 98.7 Å². The molecule has 194 valence electrons. The molecule has 2 saturated heterocycles. The molecule has 9 heteroatoms. The van der Waals surface area contributed by atoms with E-state index in [4.69, 9.17) is 0 Å². The van der Waals surface area contributed by atoms with Crippen LogP contribution in [0.1, 0.15) is 51.5 Å². The number of nitrogens with zero attached hydrogens (tertiary/aromatic N) is 5. The van der Waals surface area contributed by atoms with Gasteiger partial charge < -0.3 is 4.90 Å². The van der Waals surface area contributed by atoms with E-state index in [2.05, 4.69) is 55.4 Å². The number of rotatable bonds is 6. The molecule has 0 bridgehead atoms. The van der Waals surface area contributed by atoms with Crippen LogP contribution in [0, 0.1) is 0 Å². The fraction of sp³-hybridized carbons (Fsp3) is 0.345. The average molecular weight is 511 g/mol. The van der Waals surface area contributed by atoms with Gasteiger partial charge in [0.15, 0.2) is 0 Å². The van der Waals surface area contributed by atoms with Crippen molar-refractivity contribution in [2.75, 3.05) is 26.2 Å². The van der Waals surface area contributed by atoms with Crippen LogP contribution in [0.2, 0.25) is 0 Å². The van der Waals surface area contributed by atoms with Gasteiger partial charge in [0.05, 0.1) is 6.04 Å². The van der Waals surface area contributed by atoms with Crippen LogP contribution in [0.25, 0.3) is 0 Å². The van der Waals surface area contributed by atoms with Crippen molar-refractivity contribution < 1.29 is 14.4 Å². The molecule has 0 saturated carbocycles. The summed E-state index contributed by atoms with van der Waals surface area (Å²) >= 11 is 0. The standard InChI is InChI=1S/C29H30N6O3/c36-26-4-3-25(28(37)32-26)35-19-23-17-20(1-2-24(23)29(35)38)18-33-13-15-34(16-14-33)27(21-5-9-30-10-6-21)22-7-11-31-12-8-22/h1-2,5-12,17,25,27H,3-4,13-16,18-19H2,(H,32,36,37). The molecule has 38 heavy (non-hydrogen) atoms. The first kappa shape index (κ1) is 24.4. The van der Waals surface area contributed by atoms with Gasteiger partial charge in [-0.2, -0.15) is 0 Å². The number of fused-ring (bicyclic) bond motifs is 1. The predicted molar refractivity (Wildman–Crippen MR) is 140 cm³/mol. The maximum Gasteiger partial charge on any atom is 0.255 e. The second-order valence-electron chi connectivity index (χ2n) is 10.2. The zero-order valence-corrected chi connectivity index (χ0v) is 21.1. The van der Waals surface area contributed by atoms with Crippen molar-refractivity contribution >= 4 is 17.7 Å². The number of hydrogen-bond donors (Lipinski definition) is 1. The number of piperidine rings is 1. The Labute approximate surface area is 221 Å². The summed E-state index contributed by atoms with van der Waals surface area (Å²) in [6, 6.07) is 13.9. The van der Waals surface area contributed by atoms with Gasteiger partial charge in [-0.05, 0) is 59.0 Å². The van der Waals surface area contributed by atoms with E-state index in [9.17, 15) is 14.4 Å². The second-order valence-corrected chi connectivity index (χ2v) is 10.2. The first-order chi connectivity index (χ1) is 18.6. The van der Waals surface area contributed by atoms with Crippen LogP contribution in [0.4, 0.5) is 0 Å². The van der Waals surface area contributed by atoms with Gasteiger partial charge in [0, 0.05) is 76.0 Å². The Morgan fingerprint density at radius 3 is 2.16 bits per heavy atom. The SMILES string of the molecule is O=C1CCC(N2Cc3cc(CN4CCN(C(c5ccncc5)c5ccncc5)CC4)ccc3C2=O)C(=O)N1. The van der Waals surface area contributed by atoms with E-state index in [0.29, 0.717) is 18.5 Å². The van der Waals surface area contributed by atoms with Gasteiger partial charge >= 0.3 is 0 Å². The number of aromatic nitrogens is 2. The minimum absolute atomic E-state index is 0.132. The van der Waals surface area contributed by atoms with Crippen LogP contribution in [0.15, 0.2) is 67.3 Å². The van der Waals surface area contributed by atoms with Crippen molar-refractivity contribution in [3.8, 4) is 0 Å². The fourth-order valence-electron chi connectivity index (χ4n) is 5.87. The van der Waals surface area contributed by atoms with Crippen molar-refractivity contribution in [1.82, 2.24) is 30.0 Å². The normalized spacial score (nSPS) is 20.6.